The summed E-state index contributed by atoms with van der Waals surface area (Å²) in [4.78, 5) is 0. The molecule has 3 rings (SSSR count). The lowest BCUT2D eigenvalue weighted by Crippen LogP contribution is -2.45. The molecule has 0 aliphatic carbocycles. The largest absolute Gasteiger partial charge is 0.439 e. The van der Waals surface area contributed by atoms with Crippen LogP contribution in [-0.4, -0.2) is 33.2 Å². The summed E-state index contributed by atoms with van der Waals surface area (Å²) in [6, 6.07) is 6.45. The quantitative estimate of drug-likeness (QED) is 0.498. The lowest BCUT2D eigenvalue weighted by molar-refractivity contribution is -0.304. The number of aryl methyl sites for hydroxylation is 1. The Morgan fingerprint density at radius 1 is 1.10 bits per heavy atom. The fourth-order valence-corrected chi connectivity index (χ4v) is 3.03. The van der Waals surface area contributed by atoms with Crippen LogP contribution in [0.25, 0.3) is 11.6 Å². The van der Waals surface area contributed by atoms with Gasteiger partial charge in [-0.1, -0.05) is 18.6 Å². The van der Waals surface area contributed by atoms with Gasteiger partial charge in [-0.25, -0.2) is 4.39 Å². The Bertz CT molecular complexity index is 959. The number of benzene rings is 1. The maximum absolute atomic E-state index is 13.4. The summed E-state index contributed by atoms with van der Waals surface area (Å²) >= 11 is 0. The van der Waals surface area contributed by atoms with Crippen LogP contribution < -0.4 is 4.74 Å². The number of aromatic nitrogens is 3. The molecule has 0 fully saturated rings. The molecule has 1 aromatic heterocycles. The predicted molar refractivity (Wildman–Crippen MR) is 94.0 cm³/mol. The fraction of sp³-hybridized carbons (Fsp3) is 0.421. The van der Waals surface area contributed by atoms with E-state index in [4.69, 9.17) is 0 Å². The van der Waals surface area contributed by atoms with Crippen molar-refractivity contribution in [2.24, 2.45) is 0 Å². The molecule has 2 heterocycles. The summed E-state index contributed by atoms with van der Waals surface area (Å²) in [7, 11) is 0. The summed E-state index contributed by atoms with van der Waals surface area (Å²) in [6.07, 6.45) is -10.2. The molecule has 1 aliphatic heterocycles. The SMILES string of the molecule is N#CC(=Cc1ccc(OC(F)(F)C(F)C(F)(F)F)cc1)c1nnc2n1CCCCC2. The van der Waals surface area contributed by atoms with E-state index in [1.54, 1.807) is 0 Å². The Balaban J connectivity index is 1.80. The van der Waals surface area contributed by atoms with Crippen molar-refractivity contribution >= 4 is 11.6 Å². The van der Waals surface area contributed by atoms with E-state index in [-0.39, 0.29) is 5.57 Å². The van der Waals surface area contributed by atoms with E-state index >= 15 is 0 Å². The average molecular weight is 430 g/mol. The second-order valence-corrected chi connectivity index (χ2v) is 6.71. The molecule has 1 unspecified atom stereocenters. The summed E-state index contributed by atoms with van der Waals surface area (Å²) in [5.74, 6) is 0.505. The first-order chi connectivity index (χ1) is 14.1. The van der Waals surface area contributed by atoms with E-state index in [1.165, 1.54) is 18.2 Å². The first kappa shape index (κ1) is 21.7. The van der Waals surface area contributed by atoms with Crippen molar-refractivity contribution in [1.29, 1.82) is 5.26 Å². The molecule has 0 N–H and O–H groups in total. The van der Waals surface area contributed by atoms with Crippen LogP contribution in [0.4, 0.5) is 26.3 Å². The number of hydrogen-bond acceptors (Lipinski definition) is 4. The van der Waals surface area contributed by atoms with Crippen molar-refractivity contribution in [3.63, 3.8) is 0 Å². The van der Waals surface area contributed by atoms with Crippen LogP contribution in [0.3, 0.4) is 0 Å². The van der Waals surface area contributed by atoms with Crippen molar-refractivity contribution in [1.82, 2.24) is 14.8 Å². The van der Waals surface area contributed by atoms with Gasteiger partial charge in [0.25, 0.3) is 6.17 Å². The van der Waals surface area contributed by atoms with Gasteiger partial charge in [0.05, 0.1) is 5.57 Å². The van der Waals surface area contributed by atoms with Crippen LogP contribution in [0, 0.1) is 11.3 Å². The number of nitriles is 1. The smallest absolute Gasteiger partial charge is 0.430 e. The fourth-order valence-electron chi connectivity index (χ4n) is 3.03. The van der Waals surface area contributed by atoms with Gasteiger partial charge < -0.3 is 9.30 Å². The first-order valence-corrected chi connectivity index (χ1v) is 9.04. The second-order valence-electron chi connectivity index (χ2n) is 6.71. The first-order valence-electron chi connectivity index (χ1n) is 9.04. The third kappa shape index (κ3) is 4.75. The van der Waals surface area contributed by atoms with Crippen molar-refractivity contribution < 1.29 is 31.1 Å². The molecular weight excluding hydrogens is 414 g/mol. The molecule has 160 valence electrons. The zero-order valence-electron chi connectivity index (χ0n) is 15.5. The maximum atomic E-state index is 13.4. The molecule has 11 heteroatoms. The third-order valence-electron chi connectivity index (χ3n) is 4.50. The van der Waals surface area contributed by atoms with Crippen molar-refractivity contribution in [3.05, 3.63) is 41.5 Å². The molecule has 0 saturated carbocycles. The van der Waals surface area contributed by atoms with Gasteiger partial charge in [-0.15, -0.1) is 10.2 Å². The van der Waals surface area contributed by atoms with Crippen LogP contribution in [0.5, 0.6) is 5.75 Å². The van der Waals surface area contributed by atoms with Crippen LogP contribution in [0.15, 0.2) is 24.3 Å². The Morgan fingerprint density at radius 3 is 2.43 bits per heavy atom. The topological polar surface area (TPSA) is 63.7 Å². The molecule has 0 radical (unpaired) electrons. The third-order valence-corrected chi connectivity index (χ3v) is 4.50. The van der Waals surface area contributed by atoms with Gasteiger partial charge in [0.2, 0.25) is 0 Å². The number of hydrogen-bond donors (Lipinski definition) is 0. The monoisotopic (exact) mass is 430 g/mol. The number of nitrogens with zero attached hydrogens (tertiary/aromatic N) is 4. The standard InChI is InChI=1S/C19H16F6N4O/c20-17(18(21,22)23)19(24,25)30-14-7-5-12(6-8-14)10-13(11-26)16-28-27-15-4-2-1-3-9-29(15)16/h5-8,10,17H,1-4,9H2. The average Bonchev–Trinajstić information content (AvgIpc) is 2.93. The van der Waals surface area contributed by atoms with E-state index < -0.39 is 24.2 Å². The highest BCUT2D eigenvalue weighted by Gasteiger charge is 2.59. The Morgan fingerprint density at radius 2 is 1.80 bits per heavy atom. The van der Waals surface area contributed by atoms with Crippen molar-refractivity contribution in [3.8, 4) is 11.8 Å². The van der Waals surface area contributed by atoms with Crippen LogP contribution in [0.2, 0.25) is 0 Å². The van der Waals surface area contributed by atoms with Gasteiger partial charge in [0, 0.05) is 13.0 Å². The van der Waals surface area contributed by atoms with Crippen molar-refractivity contribution in [2.45, 2.75) is 50.7 Å². The van der Waals surface area contributed by atoms with E-state index in [2.05, 4.69) is 14.9 Å². The normalized spacial score (nSPS) is 16.4. The van der Waals surface area contributed by atoms with E-state index in [9.17, 15) is 31.6 Å². The zero-order chi connectivity index (χ0) is 21.9. The number of fused-ring (bicyclic) bond motifs is 1. The van der Waals surface area contributed by atoms with Crippen LogP contribution in [0.1, 0.15) is 36.5 Å². The Kier molecular flexibility index (Phi) is 6.05. The van der Waals surface area contributed by atoms with Gasteiger partial charge in [-0.2, -0.15) is 27.2 Å². The van der Waals surface area contributed by atoms with Gasteiger partial charge in [0.1, 0.15) is 17.6 Å². The predicted octanol–water partition coefficient (Wildman–Crippen LogP) is 4.94. The van der Waals surface area contributed by atoms with Crippen LogP contribution in [-0.2, 0) is 13.0 Å². The van der Waals surface area contributed by atoms with E-state index in [1.807, 2.05) is 10.6 Å². The number of halogens is 6. The molecule has 0 spiro atoms. The highest BCUT2D eigenvalue weighted by atomic mass is 19.4. The summed E-state index contributed by atoms with van der Waals surface area (Å²) in [5.41, 5.74) is 0.580. The lowest BCUT2D eigenvalue weighted by Gasteiger charge is -2.23. The summed E-state index contributed by atoms with van der Waals surface area (Å²) in [5, 5.41) is 17.7. The highest BCUT2D eigenvalue weighted by Crippen LogP contribution is 2.36. The second kappa shape index (κ2) is 8.38. The van der Waals surface area contributed by atoms with Crippen LogP contribution >= 0.6 is 0 Å². The maximum Gasteiger partial charge on any atom is 0.439 e. The molecule has 1 atom stereocenters. The van der Waals surface area contributed by atoms with Crippen molar-refractivity contribution in [2.75, 3.05) is 0 Å². The molecule has 30 heavy (non-hydrogen) atoms. The zero-order valence-corrected chi connectivity index (χ0v) is 15.5. The molecule has 0 bridgehead atoms. The molecule has 0 amide bonds. The van der Waals surface area contributed by atoms with Gasteiger partial charge >= 0.3 is 12.3 Å². The van der Waals surface area contributed by atoms with Gasteiger partial charge in [-0.3, -0.25) is 0 Å². The summed E-state index contributed by atoms with van der Waals surface area (Å²) in [6.45, 7) is 0.669. The Hall–Kier alpha value is -3.03. The molecule has 5 nitrogen and oxygen atoms in total. The molecule has 2 aromatic rings. The molecule has 1 aromatic carbocycles. The summed E-state index contributed by atoms with van der Waals surface area (Å²) < 4.78 is 82.0. The van der Waals surface area contributed by atoms with E-state index in [0.717, 1.165) is 43.6 Å². The van der Waals surface area contributed by atoms with Gasteiger partial charge in [0.15, 0.2) is 5.82 Å². The molecule has 1 aliphatic rings. The highest BCUT2D eigenvalue weighted by molar-refractivity contribution is 5.87. The molecule has 0 saturated heterocycles. The Labute approximate surface area is 167 Å². The van der Waals surface area contributed by atoms with Gasteiger partial charge in [-0.05, 0) is 36.6 Å². The number of rotatable bonds is 5. The number of ether oxygens (including phenoxy) is 1. The molecular formula is C19H16F6N4O. The minimum Gasteiger partial charge on any atom is -0.430 e. The number of alkyl halides is 6. The van der Waals surface area contributed by atoms with E-state index in [0.29, 0.717) is 17.9 Å². The number of allylic oxidation sites excluding steroid dienone is 1. The lowest BCUT2D eigenvalue weighted by atomic mass is 10.1. The minimum atomic E-state index is -5.76. The minimum absolute atomic E-state index is 0.190.